The van der Waals surface area contributed by atoms with Crippen LogP contribution in [0.15, 0.2) is 5.38 Å². The van der Waals surface area contributed by atoms with Gasteiger partial charge in [-0.1, -0.05) is 62.3 Å². The number of aliphatic hydroxyl groups is 1. The van der Waals surface area contributed by atoms with E-state index in [0.717, 1.165) is 12.1 Å². The summed E-state index contributed by atoms with van der Waals surface area (Å²) in [7, 11) is 0. The van der Waals surface area contributed by atoms with Crippen LogP contribution in [0.25, 0.3) is 0 Å². The molecule has 6 atom stereocenters. The molecule has 1 rings (SSSR count). The molecule has 1 aromatic heterocycles. The number of nitrogens with zero attached hydrogens (tertiary/aromatic N) is 1. The minimum atomic E-state index is -1.03. The molecule has 0 aromatic carbocycles. The second-order valence-electron chi connectivity index (χ2n) is 13.0. The first-order valence-electron chi connectivity index (χ1n) is 16.1. The molecule has 1 aromatic rings. The summed E-state index contributed by atoms with van der Waals surface area (Å²) < 4.78 is 5.33. The zero-order chi connectivity index (χ0) is 34.3. The van der Waals surface area contributed by atoms with Gasteiger partial charge in [0.15, 0.2) is 0 Å². The van der Waals surface area contributed by atoms with Gasteiger partial charge in [0.1, 0.15) is 23.7 Å². The van der Waals surface area contributed by atoms with Crippen molar-refractivity contribution in [3.05, 3.63) is 16.1 Å². The quantitative estimate of drug-likeness (QED) is 0.136. The van der Waals surface area contributed by atoms with Crippen molar-refractivity contribution in [3.63, 3.8) is 0 Å². The standard InChI is InChI=1S/C32H57N5O6S2/c1-11-23(10)44-17-25(36-32(42)43-15-27-34-22(9)16-45-27)30(40)35-24(12-18(2)3)26(38)13-21(8)29(39)37-28(20(6)7)31(41)33-14-19(4)5/h16,18-21,23-26,28,38H,11-15,17H2,1-10H3,(H,33,41)(H,35,40)(H,36,42)(H,37,39)/t21-,23?,24-,25+,26+,28-/m1/s1. The number of hydrogen-bond acceptors (Lipinski definition) is 9. The number of rotatable bonds is 20. The van der Waals surface area contributed by atoms with E-state index in [2.05, 4.69) is 40.1 Å². The highest BCUT2D eigenvalue weighted by Crippen LogP contribution is 2.19. The zero-order valence-electron chi connectivity index (χ0n) is 28.8. The number of thiazole rings is 1. The molecule has 0 fully saturated rings. The van der Waals surface area contributed by atoms with E-state index in [0.29, 0.717) is 23.7 Å². The summed E-state index contributed by atoms with van der Waals surface area (Å²) in [5.74, 6) is -1.02. The summed E-state index contributed by atoms with van der Waals surface area (Å²) in [5, 5.41) is 25.4. The predicted molar refractivity (Wildman–Crippen MR) is 182 cm³/mol. The Morgan fingerprint density at radius 3 is 2.13 bits per heavy atom. The Hall–Kier alpha value is -2.38. The first kappa shape index (κ1) is 40.6. The number of carbonyl (C=O) groups is 4. The van der Waals surface area contributed by atoms with Crippen LogP contribution in [0.3, 0.4) is 0 Å². The maximum absolute atomic E-state index is 13.5. The van der Waals surface area contributed by atoms with E-state index >= 15 is 0 Å². The lowest BCUT2D eigenvalue weighted by atomic mass is 9.91. The SMILES string of the molecule is CCC(C)SC[C@H](NC(=O)OCc1nc(C)cs1)C(=O)N[C@H](CC(C)C)[C@@H](O)C[C@@H](C)C(=O)N[C@@H](C(=O)NCC(C)C)C(C)C. The maximum Gasteiger partial charge on any atom is 0.408 e. The molecule has 0 spiro atoms. The Morgan fingerprint density at radius 1 is 0.933 bits per heavy atom. The van der Waals surface area contributed by atoms with Gasteiger partial charge in [0, 0.05) is 34.5 Å². The Kier molecular flexibility index (Phi) is 18.7. The van der Waals surface area contributed by atoms with Crippen LogP contribution in [0.4, 0.5) is 4.79 Å². The highest BCUT2D eigenvalue weighted by molar-refractivity contribution is 7.99. The van der Waals surface area contributed by atoms with Gasteiger partial charge in [-0.05, 0) is 43.9 Å². The number of aryl methyl sites for hydroxylation is 1. The third-order valence-corrected chi connectivity index (χ3v) is 9.58. The van der Waals surface area contributed by atoms with Crippen LogP contribution in [0, 0.1) is 30.6 Å². The van der Waals surface area contributed by atoms with Crippen molar-refractivity contribution in [2.45, 2.75) is 125 Å². The minimum absolute atomic E-state index is 0.00286. The van der Waals surface area contributed by atoms with Crippen LogP contribution >= 0.6 is 23.1 Å². The molecular formula is C32H57N5O6S2. The van der Waals surface area contributed by atoms with Crippen LogP contribution in [0.5, 0.6) is 0 Å². The molecule has 1 unspecified atom stereocenters. The molecule has 4 amide bonds. The molecule has 11 nitrogen and oxygen atoms in total. The van der Waals surface area contributed by atoms with Crippen LogP contribution in [0.1, 0.15) is 92.3 Å². The number of hydrogen-bond donors (Lipinski definition) is 5. The van der Waals surface area contributed by atoms with Gasteiger partial charge in [-0.15, -0.1) is 11.3 Å². The maximum atomic E-state index is 13.5. The van der Waals surface area contributed by atoms with E-state index in [4.69, 9.17) is 4.74 Å². The first-order chi connectivity index (χ1) is 21.0. The number of aliphatic hydroxyl groups excluding tert-OH is 1. The van der Waals surface area contributed by atoms with Crippen molar-refractivity contribution in [1.29, 1.82) is 0 Å². The molecule has 1 heterocycles. The van der Waals surface area contributed by atoms with E-state index in [-0.39, 0.29) is 47.8 Å². The van der Waals surface area contributed by atoms with Crippen LogP contribution < -0.4 is 21.3 Å². The lowest BCUT2D eigenvalue weighted by molar-refractivity contribution is -0.132. The molecule has 0 bridgehead atoms. The van der Waals surface area contributed by atoms with E-state index in [1.165, 1.54) is 11.3 Å². The molecule has 5 N–H and O–H groups in total. The smallest absolute Gasteiger partial charge is 0.408 e. The normalized spacial score (nSPS) is 15.6. The minimum Gasteiger partial charge on any atom is -0.442 e. The summed E-state index contributed by atoms with van der Waals surface area (Å²) in [6.45, 7) is 19.9. The number of aromatic nitrogens is 1. The highest BCUT2D eigenvalue weighted by Gasteiger charge is 2.32. The molecule has 0 aliphatic rings. The second kappa shape index (κ2) is 20.7. The fourth-order valence-electron chi connectivity index (χ4n) is 4.32. The van der Waals surface area contributed by atoms with Gasteiger partial charge in [-0.2, -0.15) is 11.8 Å². The molecule has 0 saturated heterocycles. The van der Waals surface area contributed by atoms with Crippen molar-refractivity contribution < 1.29 is 29.0 Å². The van der Waals surface area contributed by atoms with Crippen molar-refractivity contribution in [3.8, 4) is 0 Å². The highest BCUT2D eigenvalue weighted by atomic mass is 32.2. The van der Waals surface area contributed by atoms with E-state index in [1.54, 1.807) is 18.7 Å². The summed E-state index contributed by atoms with van der Waals surface area (Å²) in [5.41, 5.74) is 0.842. The van der Waals surface area contributed by atoms with Crippen LogP contribution in [-0.4, -0.2) is 75.7 Å². The van der Waals surface area contributed by atoms with Gasteiger partial charge in [-0.3, -0.25) is 14.4 Å². The third-order valence-electron chi connectivity index (χ3n) is 7.22. The molecule has 0 saturated carbocycles. The summed E-state index contributed by atoms with van der Waals surface area (Å²) in [4.78, 5) is 56.3. The van der Waals surface area contributed by atoms with Gasteiger partial charge in [0.2, 0.25) is 17.7 Å². The Bertz CT molecular complexity index is 1070. The number of thioether (sulfide) groups is 1. The summed E-state index contributed by atoms with van der Waals surface area (Å²) in [6.07, 6.45) is -0.314. The lowest BCUT2D eigenvalue weighted by Crippen LogP contribution is -2.55. The Morgan fingerprint density at radius 2 is 1.60 bits per heavy atom. The van der Waals surface area contributed by atoms with E-state index in [1.807, 2.05) is 53.8 Å². The molecule has 13 heteroatoms. The fourth-order valence-corrected chi connectivity index (χ4v) is 6.00. The van der Waals surface area contributed by atoms with Gasteiger partial charge < -0.3 is 31.1 Å². The second-order valence-corrected chi connectivity index (χ2v) is 15.4. The molecule has 0 aliphatic heterocycles. The van der Waals surface area contributed by atoms with E-state index < -0.39 is 42.1 Å². The largest absolute Gasteiger partial charge is 0.442 e. The van der Waals surface area contributed by atoms with Gasteiger partial charge in [0.05, 0.1) is 12.1 Å². The van der Waals surface area contributed by atoms with Crippen molar-refractivity contribution in [2.24, 2.45) is 23.7 Å². The third kappa shape index (κ3) is 16.1. The number of alkyl carbamates (subject to hydrolysis) is 1. The number of ether oxygens (including phenoxy) is 1. The van der Waals surface area contributed by atoms with Crippen molar-refractivity contribution >= 4 is 46.9 Å². The molecule has 0 aliphatic carbocycles. The molecule has 258 valence electrons. The van der Waals surface area contributed by atoms with Gasteiger partial charge in [-0.25, -0.2) is 9.78 Å². The monoisotopic (exact) mass is 671 g/mol. The average Bonchev–Trinajstić information content (AvgIpc) is 3.38. The lowest BCUT2D eigenvalue weighted by Gasteiger charge is -2.30. The first-order valence-corrected chi connectivity index (χ1v) is 18.0. The Labute approximate surface area is 278 Å². The predicted octanol–water partition coefficient (Wildman–Crippen LogP) is 4.41. The number of amides is 4. The Balaban J connectivity index is 2.94. The van der Waals surface area contributed by atoms with Crippen LogP contribution in [-0.2, 0) is 25.7 Å². The van der Waals surface area contributed by atoms with Crippen LogP contribution in [0.2, 0.25) is 0 Å². The summed E-state index contributed by atoms with van der Waals surface area (Å²) >= 11 is 2.95. The molecule has 0 radical (unpaired) electrons. The topological polar surface area (TPSA) is 159 Å². The zero-order valence-corrected chi connectivity index (χ0v) is 30.4. The fraction of sp³-hybridized carbons (Fsp3) is 0.781. The van der Waals surface area contributed by atoms with E-state index in [9.17, 15) is 24.3 Å². The molecular weight excluding hydrogens is 615 g/mol. The molecule has 45 heavy (non-hydrogen) atoms. The number of nitrogens with one attached hydrogen (secondary N) is 4. The average molecular weight is 672 g/mol. The summed E-state index contributed by atoms with van der Waals surface area (Å²) in [6, 6.07) is -2.25. The van der Waals surface area contributed by atoms with Crippen molar-refractivity contribution in [2.75, 3.05) is 12.3 Å². The van der Waals surface area contributed by atoms with Gasteiger partial charge in [0.25, 0.3) is 0 Å². The van der Waals surface area contributed by atoms with Crippen molar-refractivity contribution in [1.82, 2.24) is 26.3 Å². The number of carbonyl (C=O) groups excluding carboxylic acids is 4. The van der Waals surface area contributed by atoms with Gasteiger partial charge >= 0.3 is 6.09 Å².